The average molecular weight is 302 g/mol. The topological polar surface area (TPSA) is 40.5 Å². The highest BCUT2D eigenvalue weighted by atomic mass is 16.3. The van der Waals surface area contributed by atoms with Crippen LogP contribution in [0.3, 0.4) is 0 Å². The van der Waals surface area contributed by atoms with Crippen molar-refractivity contribution in [2.75, 3.05) is 6.61 Å². The summed E-state index contributed by atoms with van der Waals surface area (Å²) in [5.41, 5.74) is 4.87. The van der Waals surface area contributed by atoms with E-state index >= 15 is 0 Å². The van der Waals surface area contributed by atoms with E-state index in [1.165, 1.54) is 16.7 Å². The molecule has 0 radical (unpaired) electrons. The maximum atomic E-state index is 9.92. The molecule has 1 atom stereocenters. The van der Waals surface area contributed by atoms with E-state index in [4.69, 9.17) is 5.11 Å². The van der Waals surface area contributed by atoms with E-state index in [0.29, 0.717) is 0 Å². The van der Waals surface area contributed by atoms with E-state index in [1.807, 2.05) is 19.1 Å². The lowest BCUT2D eigenvalue weighted by Gasteiger charge is -2.35. The van der Waals surface area contributed by atoms with Gasteiger partial charge in [-0.1, -0.05) is 67.0 Å². The first-order chi connectivity index (χ1) is 10.3. The fraction of sp³-hybridized carbons (Fsp3) is 0.500. The molecule has 0 aliphatic heterocycles. The van der Waals surface area contributed by atoms with Gasteiger partial charge in [-0.2, -0.15) is 0 Å². The number of hydrogen-bond donors (Lipinski definition) is 2. The molecule has 0 bridgehead atoms. The van der Waals surface area contributed by atoms with Crippen molar-refractivity contribution in [1.29, 1.82) is 0 Å². The van der Waals surface area contributed by atoms with Crippen LogP contribution in [0, 0.1) is 5.41 Å². The normalized spacial score (nSPS) is 23.9. The van der Waals surface area contributed by atoms with E-state index in [2.05, 4.69) is 45.9 Å². The smallest absolute Gasteiger partial charge is 0.0617 e. The molecule has 1 rings (SSSR count). The van der Waals surface area contributed by atoms with E-state index in [0.717, 1.165) is 18.4 Å². The van der Waals surface area contributed by atoms with Gasteiger partial charge in [0, 0.05) is 0 Å². The van der Waals surface area contributed by atoms with Gasteiger partial charge in [-0.25, -0.2) is 0 Å². The van der Waals surface area contributed by atoms with Gasteiger partial charge in [0.2, 0.25) is 0 Å². The van der Waals surface area contributed by atoms with Gasteiger partial charge in [0.05, 0.1) is 12.7 Å². The molecule has 22 heavy (non-hydrogen) atoms. The molecule has 2 nitrogen and oxygen atoms in total. The standard InChI is InChI=1S/C20H30O2/c1-15(7-6-8-16(2)11-12-21)9-10-19-17(3)13-18(22)14-20(19,4)5/h6-11,18,21-22H,12-14H2,1-5H3/b8-6+,10-9+,15-7+,16-11+/t18-/m0/s1. The first-order valence-electron chi connectivity index (χ1n) is 7.95. The van der Waals surface area contributed by atoms with Crippen LogP contribution < -0.4 is 0 Å². The average Bonchev–Trinajstić information content (AvgIpc) is 2.36. The first kappa shape index (κ1) is 18.7. The van der Waals surface area contributed by atoms with Gasteiger partial charge in [-0.3, -0.25) is 0 Å². The van der Waals surface area contributed by atoms with Gasteiger partial charge >= 0.3 is 0 Å². The molecule has 1 aliphatic rings. The third-order valence-corrected chi connectivity index (χ3v) is 4.12. The molecule has 0 spiro atoms. The van der Waals surface area contributed by atoms with E-state index < -0.39 is 0 Å². The second-order valence-corrected chi connectivity index (χ2v) is 6.87. The summed E-state index contributed by atoms with van der Waals surface area (Å²) in [6, 6.07) is 0. The molecule has 2 N–H and O–H groups in total. The quantitative estimate of drug-likeness (QED) is 0.735. The molecule has 0 aromatic heterocycles. The van der Waals surface area contributed by atoms with E-state index in [9.17, 15) is 5.11 Å². The monoisotopic (exact) mass is 302 g/mol. The molecule has 1 aliphatic carbocycles. The van der Waals surface area contributed by atoms with Gasteiger partial charge in [-0.15, -0.1) is 0 Å². The lowest BCUT2D eigenvalue weighted by Crippen LogP contribution is -2.28. The number of aliphatic hydroxyl groups is 2. The van der Waals surface area contributed by atoms with Crippen LogP contribution in [0.1, 0.15) is 47.5 Å². The van der Waals surface area contributed by atoms with Crippen molar-refractivity contribution in [3.63, 3.8) is 0 Å². The number of allylic oxidation sites excluding steroid dienone is 8. The molecule has 0 aromatic carbocycles. The highest BCUT2D eigenvalue weighted by Crippen LogP contribution is 2.40. The summed E-state index contributed by atoms with van der Waals surface area (Å²) in [6.45, 7) is 10.6. The Morgan fingerprint density at radius 3 is 2.50 bits per heavy atom. The number of aliphatic hydroxyl groups excluding tert-OH is 2. The lowest BCUT2D eigenvalue weighted by molar-refractivity contribution is 0.116. The van der Waals surface area contributed by atoms with Crippen molar-refractivity contribution in [1.82, 2.24) is 0 Å². The maximum Gasteiger partial charge on any atom is 0.0617 e. The molecular weight excluding hydrogens is 272 g/mol. The van der Waals surface area contributed by atoms with Gasteiger partial charge in [-0.05, 0) is 44.6 Å². The Hall–Kier alpha value is -1.38. The molecule has 0 amide bonds. The van der Waals surface area contributed by atoms with Crippen LogP contribution in [0.15, 0.2) is 58.7 Å². The highest BCUT2D eigenvalue weighted by molar-refractivity contribution is 5.37. The van der Waals surface area contributed by atoms with Crippen LogP contribution in [-0.2, 0) is 0 Å². The van der Waals surface area contributed by atoms with Crippen molar-refractivity contribution >= 4 is 0 Å². The van der Waals surface area contributed by atoms with Crippen LogP contribution >= 0.6 is 0 Å². The minimum atomic E-state index is -0.215. The van der Waals surface area contributed by atoms with Crippen LogP contribution in [0.2, 0.25) is 0 Å². The van der Waals surface area contributed by atoms with E-state index in [1.54, 1.807) is 6.08 Å². The second kappa shape index (κ2) is 8.30. The molecule has 0 saturated carbocycles. The highest BCUT2D eigenvalue weighted by Gasteiger charge is 2.31. The Morgan fingerprint density at radius 2 is 1.91 bits per heavy atom. The predicted molar refractivity (Wildman–Crippen MR) is 94.6 cm³/mol. The Labute approximate surface area is 135 Å². The Bertz CT molecular complexity index is 528. The predicted octanol–water partition coefficient (Wildman–Crippen LogP) is 4.48. The molecule has 0 heterocycles. The van der Waals surface area contributed by atoms with Crippen molar-refractivity contribution in [3.05, 3.63) is 58.7 Å². The van der Waals surface area contributed by atoms with Gasteiger partial charge < -0.3 is 10.2 Å². The Kier molecular flexibility index (Phi) is 7.05. The minimum Gasteiger partial charge on any atom is -0.393 e. The molecular formula is C20H30O2. The van der Waals surface area contributed by atoms with Crippen molar-refractivity contribution in [2.24, 2.45) is 5.41 Å². The summed E-state index contributed by atoms with van der Waals surface area (Å²) in [4.78, 5) is 0. The van der Waals surface area contributed by atoms with Crippen LogP contribution in [0.4, 0.5) is 0 Å². The summed E-state index contributed by atoms with van der Waals surface area (Å²) >= 11 is 0. The van der Waals surface area contributed by atoms with Crippen molar-refractivity contribution in [3.8, 4) is 0 Å². The second-order valence-electron chi connectivity index (χ2n) is 6.87. The first-order valence-corrected chi connectivity index (χ1v) is 7.95. The van der Waals surface area contributed by atoms with Gasteiger partial charge in [0.1, 0.15) is 0 Å². The van der Waals surface area contributed by atoms with Gasteiger partial charge in [0.25, 0.3) is 0 Å². The summed E-state index contributed by atoms with van der Waals surface area (Å²) in [5.74, 6) is 0. The Morgan fingerprint density at radius 1 is 1.23 bits per heavy atom. The molecule has 0 aromatic rings. The molecule has 0 fully saturated rings. The lowest BCUT2D eigenvalue weighted by atomic mass is 9.71. The summed E-state index contributed by atoms with van der Waals surface area (Å²) < 4.78 is 0. The zero-order chi connectivity index (χ0) is 16.8. The largest absolute Gasteiger partial charge is 0.393 e. The zero-order valence-corrected chi connectivity index (χ0v) is 14.6. The maximum absolute atomic E-state index is 9.92. The van der Waals surface area contributed by atoms with Crippen LogP contribution in [-0.4, -0.2) is 22.9 Å². The van der Waals surface area contributed by atoms with Crippen LogP contribution in [0.25, 0.3) is 0 Å². The number of rotatable bonds is 5. The fourth-order valence-corrected chi connectivity index (χ4v) is 3.01. The van der Waals surface area contributed by atoms with E-state index in [-0.39, 0.29) is 18.1 Å². The zero-order valence-electron chi connectivity index (χ0n) is 14.6. The SMILES string of the molecule is CC1=C(/C=C/C(C)=C/C=C/C(C)=C/CO)C(C)(C)C[C@@H](O)C1. The summed E-state index contributed by atoms with van der Waals surface area (Å²) in [6.07, 6.45) is 13.5. The third-order valence-electron chi connectivity index (χ3n) is 4.12. The molecule has 0 saturated heterocycles. The summed E-state index contributed by atoms with van der Waals surface area (Å²) in [5, 5.41) is 18.7. The molecule has 0 unspecified atom stereocenters. The summed E-state index contributed by atoms with van der Waals surface area (Å²) in [7, 11) is 0. The van der Waals surface area contributed by atoms with Crippen molar-refractivity contribution < 1.29 is 10.2 Å². The van der Waals surface area contributed by atoms with Crippen molar-refractivity contribution in [2.45, 2.75) is 53.6 Å². The third kappa shape index (κ3) is 5.78. The Balaban J connectivity index is 2.82. The van der Waals surface area contributed by atoms with Crippen LogP contribution in [0.5, 0.6) is 0 Å². The minimum absolute atomic E-state index is 0.0226. The molecule has 2 heteroatoms. The number of hydrogen-bond acceptors (Lipinski definition) is 2. The fourth-order valence-electron chi connectivity index (χ4n) is 3.01. The molecule has 122 valence electrons. The van der Waals surface area contributed by atoms with Gasteiger partial charge in [0.15, 0.2) is 0 Å².